The maximum Gasteiger partial charge on any atom is 0.290 e. The molecular formula is C24H35FN4O4. The number of benzene rings is 1. The topological polar surface area (TPSA) is 109 Å². The van der Waals surface area contributed by atoms with Crippen LogP contribution in [0.15, 0.2) is 28.8 Å². The molecule has 2 aromatic rings. The summed E-state index contributed by atoms with van der Waals surface area (Å²) in [6.07, 6.45) is 5.26. The largest absolute Gasteiger partial charge is 0.483 e. The summed E-state index contributed by atoms with van der Waals surface area (Å²) in [6.45, 7) is 5.59. The molecule has 0 spiro atoms. The fourth-order valence-electron chi connectivity index (χ4n) is 4.24. The summed E-state index contributed by atoms with van der Waals surface area (Å²) in [5, 5.41) is 14.1. The Labute approximate surface area is 194 Å². The van der Waals surface area contributed by atoms with Crippen LogP contribution in [0.2, 0.25) is 0 Å². The Kier molecular flexibility index (Phi) is 11.0. The highest BCUT2D eigenvalue weighted by Gasteiger charge is 2.25. The van der Waals surface area contributed by atoms with Crippen LogP contribution >= 0.6 is 0 Å². The van der Waals surface area contributed by atoms with Gasteiger partial charge in [-0.15, -0.1) is 0 Å². The number of amides is 1. The third-order valence-corrected chi connectivity index (χ3v) is 5.48. The Morgan fingerprint density at radius 3 is 2.85 bits per heavy atom. The van der Waals surface area contributed by atoms with Gasteiger partial charge in [0.15, 0.2) is 5.82 Å². The van der Waals surface area contributed by atoms with Gasteiger partial charge in [-0.3, -0.25) is 14.5 Å². The fourth-order valence-corrected chi connectivity index (χ4v) is 4.24. The van der Waals surface area contributed by atoms with E-state index in [1.54, 1.807) is 12.1 Å². The van der Waals surface area contributed by atoms with Gasteiger partial charge in [0, 0.05) is 19.0 Å². The van der Waals surface area contributed by atoms with Gasteiger partial charge >= 0.3 is 0 Å². The molecule has 1 heterocycles. The van der Waals surface area contributed by atoms with Crippen LogP contribution in [0.25, 0.3) is 0 Å². The smallest absolute Gasteiger partial charge is 0.290 e. The van der Waals surface area contributed by atoms with Gasteiger partial charge in [0.25, 0.3) is 6.47 Å². The molecule has 0 aliphatic heterocycles. The lowest BCUT2D eigenvalue weighted by molar-refractivity contribution is -0.123. The van der Waals surface area contributed by atoms with Crippen molar-refractivity contribution >= 4 is 12.4 Å². The van der Waals surface area contributed by atoms with Crippen LogP contribution in [0.3, 0.4) is 0 Å². The van der Waals surface area contributed by atoms with Crippen molar-refractivity contribution in [3.8, 4) is 0 Å². The summed E-state index contributed by atoms with van der Waals surface area (Å²) < 4.78 is 18.7. The van der Waals surface area contributed by atoms with Crippen molar-refractivity contribution < 1.29 is 23.6 Å². The summed E-state index contributed by atoms with van der Waals surface area (Å²) in [4.78, 5) is 27.4. The monoisotopic (exact) mass is 462 g/mol. The van der Waals surface area contributed by atoms with Gasteiger partial charge in [0.05, 0.1) is 13.0 Å². The van der Waals surface area contributed by atoms with E-state index in [2.05, 4.69) is 41.3 Å². The van der Waals surface area contributed by atoms with Gasteiger partial charge in [-0.25, -0.2) is 4.39 Å². The Bertz CT molecular complexity index is 874. The zero-order chi connectivity index (χ0) is 24.2. The van der Waals surface area contributed by atoms with Gasteiger partial charge in [0.1, 0.15) is 5.82 Å². The molecule has 0 unspecified atom stereocenters. The van der Waals surface area contributed by atoms with Crippen LogP contribution in [0.4, 0.5) is 4.39 Å². The van der Waals surface area contributed by atoms with Crippen molar-refractivity contribution in [3.05, 3.63) is 47.4 Å². The van der Waals surface area contributed by atoms with Gasteiger partial charge in [-0.1, -0.05) is 37.6 Å². The Morgan fingerprint density at radius 1 is 1.39 bits per heavy atom. The van der Waals surface area contributed by atoms with E-state index in [-0.39, 0.29) is 30.7 Å². The summed E-state index contributed by atoms with van der Waals surface area (Å²) >= 11 is 0. The van der Waals surface area contributed by atoms with Crippen molar-refractivity contribution in [1.29, 1.82) is 0 Å². The van der Waals surface area contributed by atoms with E-state index in [4.69, 9.17) is 14.4 Å². The van der Waals surface area contributed by atoms with E-state index < -0.39 is 0 Å². The highest BCUT2D eigenvalue weighted by atomic mass is 19.1. The Hall–Kier alpha value is -2.81. The van der Waals surface area contributed by atoms with Gasteiger partial charge in [-0.2, -0.15) is 4.98 Å². The van der Waals surface area contributed by atoms with Crippen LogP contribution in [0.1, 0.15) is 56.8 Å². The summed E-state index contributed by atoms with van der Waals surface area (Å²) in [6, 6.07) is 6.41. The first kappa shape index (κ1) is 26.4. The second-order valence-electron chi connectivity index (χ2n) is 9.11. The summed E-state index contributed by atoms with van der Waals surface area (Å²) in [7, 11) is 2.07. The highest BCUT2D eigenvalue weighted by Crippen LogP contribution is 2.25. The number of carbonyl (C=O) groups excluding carboxylic acids is 1. The average Bonchev–Trinajstić information content (AvgIpc) is 3.14. The molecule has 1 saturated carbocycles. The molecule has 0 saturated heterocycles. The second kappa shape index (κ2) is 13.7. The maximum absolute atomic E-state index is 13.3. The minimum Gasteiger partial charge on any atom is -0.483 e. The van der Waals surface area contributed by atoms with Crippen LogP contribution in [-0.2, 0) is 29.0 Å². The van der Waals surface area contributed by atoms with Crippen LogP contribution < -0.4 is 5.32 Å². The van der Waals surface area contributed by atoms with E-state index in [9.17, 15) is 9.18 Å². The summed E-state index contributed by atoms with van der Waals surface area (Å²) in [5.41, 5.74) is 0.705. The third kappa shape index (κ3) is 10.1. The van der Waals surface area contributed by atoms with Gasteiger partial charge in [0.2, 0.25) is 11.8 Å². The minimum absolute atomic E-state index is 0.0388. The SMILES string of the molecule is CC(C)Cc1noc(CN(C)C[C@@H]2CCC[C@H](NC(=O)Cc3cccc(F)c3)C2)n1.O=CO. The van der Waals surface area contributed by atoms with Crippen molar-refractivity contribution in [2.24, 2.45) is 11.8 Å². The molecule has 1 aliphatic rings. The molecule has 1 amide bonds. The molecule has 1 aliphatic carbocycles. The van der Waals surface area contributed by atoms with Crippen molar-refractivity contribution in [2.45, 2.75) is 65.0 Å². The fraction of sp³-hybridized carbons (Fsp3) is 0.583. The number of rotatable bonds is 9. The van der Waals surface area contributed by atoms with E-state index in [1.807, 2.05) is 0 Å². The number of nitrogens with one attached hydrogen (secondary N) is 1. The van der Waals surface area contributed by atoms with Crippen molar-refractivity contribution in [2.75, 3.05) is 13.6 Å². The number of carbonyl (C=O) groups is 2. The summed E-state index contributed by atoms with van der Waals surface area (Å²) in [5.74, 6) is 2.10. The third-order valence-electron chi connectivity index (χ3n) is 5.48. The number of hydrogen-bond acceptors (Lipinski definition) is 6. The lowest BCUT2D eigenvalue weighted by Gasteiger charge is -2.32. The lowest BCUT2D eigenvalue weighted by Crippen LogP contribution is -2.41. The number of nitrogens with zero attached hydrogens (tertiary/aromatic N) is 3. The molecule has 33 heavy (non-hydrogen) atoms. The molecule has 1 aromatic heterocycles. The molecule has 2 N–H and O–H groups in total. The number of carboxylic acid groups (broad SMARTS) is 1. The van der Waals surface area contributed by atoms with Crippen LogP contribution in [0.5, 0.6) is 0 Å². The van der Waals surface area contributed by atoms with E-state index in [1.165, 1.54) is 12.1 Å². The zero-order valence-electron chi connectivity index (χ0n) is 19.7. The second-order valence-corrected chi connectivity index (χ2v) is 9.11. The van der Waals surface area contributed by atoms with Gasteiger partial charge in [-0.05, 0) is 55.8 Å². The minimum atomic E-state index is -0.307. The lowest BCUT2D eigenvalue weighted by atomic mass is 9.85. The van der Waals surface area contributed by atoms with E-state index in [0.717, 1.165) is 44.5 Å². The predicted molar refractivity (Wildman–Crippen MR) is 122 cm³/mol. The standard InChI is InChI=1S/C23H33FN4O2.CH2O2/c1-16(2)10-21-26-23(30-27-21)15-28(3)14-18-7-5-9-20(12-18)25-22(29)13-17-6-4-8-19(24)11-17;2-1-3/h4,6,8,11,16,18,20H,5,7,9-10,12-15H2,1-3H3,(H,25,29);1H,(H,2,3)/t18-,20+;/m1./s1. The highest BCUT2D eigenvalue weighted by molar-refractivity contribution is 5.78. The first-order valence-electron chi connectivity index (χ1n) is 11.4. The molecule has 0 radical (unpaired) electrons. The molecule has 1 fully saturated rings. The molecule has 0 bridgehead atoms. The first-order chi connectivity index (χ1) is 15.8. The zero-order valence-corrected chi connectivity index (χ0v) is 19.7. The van der Waals surface area contributed by atoms with Crippen LogP contribution in [-0.4, -0.2) is 52.2 Å². The predicted octanol–water partition coefficient (Wildman–Crippen LogP) is 3.46. The first-order valence-corrected chi connectivity index (χ1v) is 11.4. The molecule has 3 rings (SSSR count). The maximum atomic E-state index is 13.3. The molecule has 1 aromatic carbocycles. The number of hydrogen-bond donors (Lipinski definition) is 2. The quantitative estimate of drug-likeness (QED) is 0.549. The van der Waals surface area contributed by atoms with E-state index in [0.29, 0.717) is 29.8 Å². The molecule has 182 valence electrons. The molecule has 9 heteroatoms. The molecule has 2 atom stereocenters. The molecule has 8 nitrogen and oxygen atoms in total. The number of halogens is 1. The van der Waals surface area contributed by atoms with Gasteiger partial charge < -0.3 is 14.9 Å². The Morgan fingerprint density at radius 2 is 2.15 bits per heavy atom. The molecular weight excluding hydrogens is 427 g/mol. The Balaban J connectivity index is 0.00000122. The number of aromatic nitrogens is 2. The average molecular weight is 463 g/mol. The van der Waals surface area contributed by atoms with Crippen molar-refractivity contribution in [3.63, 3.8) is 0 Å². The van der Waals surface area contributed by atoms with Crippen molar-refractivity contribution in [1.82, 2.24) is 20.4 Å². The normalized spacial score (nSPS) is 18.0. The van der Waals surface area contributed by atoms with E-state index >= 15 is 0 Å². The van der Waals surface area contributed by atoms with Crippen LogP contribution in [0, 0.1) is 17.7 Å².